The van der Waals surface area contributed by atoms with Gasteiger partial charge in [-0.2, -0.15) is 0 Å². The first-order valence-electron chi connectivity index (χ1n) is 9.90. The van der Waals surface area contributed by atoms with Crippen molar-refractivity contribution in [3.8, 4) is 0 Å². The fraction of sp³-hybridized carbons (Fsp3) is 0.391. The van der Waals surface area contributed by atoms with Crippen LogP contribution in [-0.2, 0) is 22.6 Å². The SMILES string of the molecule is CCCNC(=O)C(Cc1ccccc1)N(Cc1ccc(Cl)cc1)C(=O)CCC. The fourth-order valence-corrected chi connectivity index (χ4v) is 3.19. The quantitative estimate of drug-likeness (QED) is 0.633. The van der Waals surface area contributed by atoms with E-state index in [0.29, 0.717) is 31.0 Å². The zero-order valence-electron chi connectivity index (χ0n) is 16.7. The monoisotopic (exact) mass is 400 g/mol. The van der Waals surface area contributed by atoms with E-state index in [4.69, 9.17) is 11.6 Å². The van der Waals surface area contributed by atoms with E-state index in [1.54, 1.807) is 4.90 Å². The van der Waals surface area contributed by atoms with Crippen molar-refractivity contribution in [1.29, 1.82) is 0 Å². The zero-order valence-corrected chi connectivity index (χ0v) is 17.4. The van der Waals surface area contributed by atoms with Crippen LogP contribution in [0.25, 0.3) is 0 Å². The van der Waals surface area contributed by atoms with Crippen LogP contribution in [0.4, 0.5) is 0 Å². The third kappa shape index (κ3) is 6.68. The van der Waals surface area contributed by atoms with Gasteiger partial charge in [0.1, 0.15) is 6.04 Å². The van der Waals surface area contributed by atoms with Gasteiger partial charge in [-0.3, -0.25) is 9.59 Å². The molecule has 2 aromatic rings. The predicted octanol–water partition coefficient (Wildman–Crippen LogP) is 4.61. The third-order valence-electron chi connectivity index (χ3n) is 4.55. The fourth-order valence-electron chi connectivity index (χ4n) is 3.06. The summed E-state index contributed by atoms with van der Waals surface area (Å²) in [7, 11) is 0. The maximum atomic E-state index is 13.0. The maximum Gasteiger partial charge on any atom is 0.243 e. The van der Waals surface area contributed by atoms with Gasteiger partial charge in [0.05, 0.1) is 0 Å². The summed E-state index contributed by atoms with van der Waals surface area (Å²) in [5, 5.41) is 3.62. The van der Waals surface area contributed by atoms with E-state index in [-0.39, 0.29) is 11.8 Å². The van der Waals surface area contributed by atoms with Gasteiger partial charge in [-0.1, -0.05) is 67.9 Å². The first-order chi connectivity index (χ1) is 13.5. The molecule has 2 rings (SSSR count). The summed E-state index contributed by atoms with van der Waals surface area (Å²) in [4.78, 5) is 27.6. The minimum Gasteiger partial charge on any atom is -0.354 e. The number of nitrogens with zero attached hydrogens (tertiary/aromatic N) is 1. The number of hydrogen-bond donors (Lipinski definition) is 1. The van der Waals surface area contributed by atoms with E-state index in [9.17, 15) is 9.59 Å². The largest absolute Gasteiger partial charge is 0.354 e. The van der Waals surface area contributed by atoms with Crippen LogP contribution in [0.3, 0.4) is 0 Å². The average molecular weight is 401 g/mol. The lowest BCUT2D eigenvalue weighted by Crippen LogP contribution is -2.50. The number of carbonyl (C=O) groups excluding carboxylic acids is 2. The molecule has 0 saturated heterocycles. The molecule has 0 aliphatic carbocycles. The summed E-state index contributed by atoms with van der Waals surface area (Å²) in [6, 6.07) is 16.7. The lowest BCUT2D eigenvalue weighted by Gasteiger charge is -2.31. The van der Waals surface area contributed by atoms with Gasteiger partial charge >= 0.3 is 0 Å². The van der Waals surface area contributed by atoms with E-state index < -0.39 is 6.04 Å². The Hall–Kier alpha value is -2.33. The van der Waals surface area contributed by atoms with Gasteiger partial charge in [0.25, 0.3) is 0 Å². The zero-order chi connectivity index (χ0) is 20.4. The minimum atomic E-state index is -0.552. The van der Waals surface area contributed by atoms with Crippen LogP contribution in [0.1, 0.15) is 44.2 Å². The highest BCUT2D eigenvalue weighted by Gasteiger charge is 2.29. The summed E-state index contributed by atoms with van der Waals surface area (Å²) in [5.74, 6) is -0.117. The summed E-state index contributed by atoms with van der Waals surface area (Å²) in [6.07, 6.45) is 2.49. The van der Waals surface area contributed by atoms with E-state index in [1.807, 2.05) is 68.4 Å². The number of carbonyl (C=O) groups is 2. The van der Waals surface area contributed by atoms with E-state index in [2.05, 4.69) is 5.32 Å². The van der Waals surface area contributed by atoms with Crippen LogP contribution in [0, 0.1) is 0 Å². The Kier molecular flexibility index (Phi) is 9.02. The molecule has 5 heteroatoms. The Morgan fingerprint density at radius 3 is 2.25 bits per heavy atom. The Bertz CT molecular complexity index is 747. The number of hydrogen-bond acceptors (Lipinski definition) is 2. The molecule has 0 heterocycles. The molecule has 1 atom stereocenters. The number of rotatable bonds is 10. The molecule has 0 radical (unpaired) electrons. The van der Waals surface area contributed by atoms with Crippen molar-refractivity contribution >= 4 is 23.4 Å². The summed E-state index contributed by atoms with van der Waals surface area (Å²) < 4.78 is 0. The van der Waals surface area contributed by atoms with Crippen LogP contribution < -0.4 is 5.32 Å². The van der Waals surface area contributed by atoms with Crippen molar-refractivity contribution in [1.82, 2.24) is 10.2 Å². The highest BCUT2D eigenvalue weighted by molar-refractivity contribution is 6.30. The first-order valence-corrected chi connectivity index (χ1v) is 10.3. The number of benzene rings is 2. The molecule has 0 spiro atoms. The van der Waals surface area contributed by atoms with Crippen molar-refractivity contribution in [3.63, 3.8) is 0 Å². The van der Waals surface area contributed by atoms with Gasteiger partial charge in [0, 0.05) is 31.0 Å². The smallest absolute Gasteiger partial charge is 0.243 e. The molecule has 0 aliphatic heterocycles. The number of halogens is 1. The Balaban J connectivity index is 2.32. The Labute approximate surface area is 172 Å². The summed E-state index contributed by atoms with van der Waals surface area (Å²) in [6.45, 7) is 4.97. The second-order valence-electron chi connectivity index (χ2n) is 6.89. The van der Waals surface area contributed by atoms with Crippen molar-refractivity contribution in [2.75, 3.05) is 6.54 Å². The van der Waals surface area contributed by atoms with Gasteiger partial charge in [0.15, 0.2) is 0 Å². The van der Waals surface area contributed by atoms with Crippen LogP contribution >= 0.6 is 11.6 Å². The van der Waals surface area contributed by atoms with Gasteiger partial charge < -0.3 is 10.2 Å². The molecule has 1 N–H and O–H groups in total. The topological polar surface area (TPSA) is 49.4 Å². The molecule has 2 aromatic carbocycles. The first kappa shape index (κ1) is 22.0. The molecular weight excluding hydrogens is 372 g/mol. The van der Waals surface area contributed by atoms with Crippen molar-refractivity contribution < 1.29 is 9.59 Å². The van der Waals surface area contributed by atoms with Crippen LogP contribution in [-0.4, -0.2) is 29.3 Å². The van der Waals surface area contributed by atoms with Crippen LogP contribution in [0.15, 0.2) is 54.6 Å². The molecule has 0 fully saturated rings. The molecule has 28 heavy (non-hydrogen) atoms. The van der Waals surface area contributed by atoms with Gasteiger partial charge in [-0.25, -0.2) is 0 Å². The van der Waals surface area contributed by atoms with Crippen molar-refractivity contribution in [3.05, 3.63) is 70.7 Å². The van der Waals surface area contributed by atoms with Crippen molar-refractivity contribution in [2.24, 2.45) is 0 Å². The van der Waals surface area contributed by atoms with Crippen molar-refractivity contribution in [2.45, 2.75) is 52.1 Å². The summed E-state index contributed by atoms with van der Waals surface area (Å²) in [5.41, 5.74) is 1.99. The van der Waals surface area contributed by atoms with Crippen LogP contribution in [0.5, 0.6) is 0 Å². The lowest BCUT2D eigenvalue weighted by atomic mass is 10.0. The number of nitrogens with one attached hydrogen (secondary N) is 1. The molecule has 0 bridgehead atoms. The highest BCUT2D eigenvalue weighted by Crippen LogP contribution is 2.18. The minimum absolute atomic E-state index is 0.00923. The lowest BCUT2D eigenvalue weighted by molar-refractivity contribution is -0.141. The Morgan fingerprint density at radius 2 is 1.64 bits per heavy atom. The molecule has 0 aliphatic rings. The molecular formula is C23H29ClN2O2. The second kappa shape index (κ2) is 11.5. The molecule has 150 valence electrons. The van der Waals surface area contributed by atoms with E-state index in [0.717, 1.165) is 24.0 Å². The normalized spacial score (nSPS) is 11.7. The molecule has 0 saturated carbocycles. The molecule has 0 aromatic heterocycles. The molecule has 1 unspecified atom stereocenters. The average Bonchev–Trinajstić information content (AvgIpc) is 2.71. The van der Waals surface area contributed by atoms with Gasteiger partial charge in [0.2, 0.25) is 11.8 Å². The predicted molar refractivity (Wildman–Crippen MR) is 114 cm³/mol. The van der Waals surface area contributed by atoms with E-state index in [1.165, 1.54) is 0 Å². The second-order valence-corrected chi connectivity index (χ2v) is 7.33. The Morgan fingerprint density at radius 1 is 0.964 bits per heavy atom. The number of amides is 2. The highest BCUT2D eigenvalue weighted by atomic mass is 35.5. The van der Waals surface area contributed by atoms with Crippen LogP contribution in [0.2, 0.25) is 5.02 Å². The van der Waals surface area contributed by atoms with Gasteiger partial charge in [-0.05, 0) is 36.1 Å². The summed E-state index contributed by atoms with van der Waals surface area (Å²) >= 11 is 5.99. The molecule has 2 amide bonds. The third-order valence-corrected chi connectivity index (χ3v) is 4.80. The standard InChI is InChI=1S/C23H29ClN2O2/c1-3-8-22(27)26(17-19-11-13-20(24)14-12-19)21(23(28)25-15-4-2)16-18-9-6-5-7-10-18/h5-7,9-14,21H,3-4,8,15-17H2,1-2H3,(H,25,28). The molecule has 4 nitrogen and oxygen atoms in total. The van der Waals surface area contributed by atoms with E-state index >= 15 is 0 Å². The maximum absolute atomic E-state index is 13.0. The van der Waals surface area contributed by atoms with Gasteiger partial charge in [-0.15, -0.1) is 0 Å².